The molecule has 3 aromatic rings. The molecule has 0 unspecified atom stereocenters. The lowest BCUT2D eigenvalue weighted by atomic mass is 10.1. The molecule has 2 aromatic carbocycles. The Bertz CT molecular complexity index is 626. The Morgan fingerprint density at radius 1 is 0.875 bits per heavy atom. The van der Waals surface area contributed by atoms with Crippen LogP contribution in [0.2, 0.25) is 0 Å². The summed E-state index contributed by atoms with van der Waals surface area (Å²) in [5.74, 6) is 0.286. The molecule has 16 heavy (non-hydrogen) atoms. The van der Waals surface area contributed by atoms with Gasteiger partial charge >= 0.3 is 0 Å². The van der Waals surface area contributed by atoms with Gasteiger partial charge in [-0.05, 0) is 23.8 Å². The lowest BCUT2D eigenvalue weighted by Crippen LogP contribution is -1.74. The summed E-state index contributed by atoms with van der Waals surface area (Å²) in [5, 5.41) is 10.5. The third-order valence-electron chi connectivity index (χ3n) is 2.69. The van der Waals surface area contributed by atoms with Gasteiger partial charge in [0.1, 0.15) is 5.75 Å². The van der Waals surface area contributed by atoms with Crippen molar-refractivity contribution in [1.82, 2.24) is 4.98 Å². The van der Waals surface area contributed by atoms with E-state index in [1.54, 1.807) is 12.1 Å². The quantitative estimate of drug-likeness (QED) is 0.631. The fraction of sp³-hybridized carbons (Fsp3) is 0. The molecule has 0 fully saturated rings. The first-order valence-electron chi connectivity index (χ1n) is 5.20. The summed E-state index contributed by atoms with van der Waals surface area (Å²) < 4.78 is 0. The van der Waals surface area contributed by atoms with Gasteiger partial charge < -0.3 is 10.1 Å². The number of fused-ring (bicyclic) bond motifs is 1. The highest BCUT2D eigenvalue weighted by Crippen LogP contribution is 2.26. The van der Waals surface area contributed by atoms with Crippen LogP contribution in [0.1, 0.15) is 0 Å². The van der Waals surface area contributed by atoms with Gasteiger partial charge in [0.25, 0.3) is 0 Å². The van der Waals surface area contributed by atoms with Crippen LogP contribution in [0.3, 0.4) is 0 Å². The Morgan fingerprint density at radius 2 is 1.69 bits per heavy atom. The van der Waals surface area contributed by atoms with E-state index in [4.69, 9.17) is 0 Å². The van der Waals surface area contributed by atoms with Crippen LogP contribution in [0, 0.1) is 0 Å². The van der Waals surface area contributed by atoms with Crippen molar-refractivity contribution in [2.24, 2.45) is 0 Å². The molecule has 0 atom stereocenters. The number of phenolic OH excluding ortho intramolecular Hbond substituents is 1. The van der Waals surface area contributed by atoms with Gasteiger partial charge in [-0.25, -0.2) is 0 Å². The number of H-pyrrole nitrogens is 1. The molecule has 78 valence electrons. The molecule has 0 amide bonds. The Morgan fingerprint density at radius 3 is 2.50 bits per heavy atom. The highest BCUT2D eigenvalue weighted by Gasteiger charge is 2.02. The summed E-state index contributed by atoms with van der Waals surface area (Å²) in [7, 11) is 0. The van der Waals surface area contributed by atoms with E-state index in [1.165, 1.54) is 0 Å². The fourth-order valence-electron chi connectivity index (χ4n) is 1.89. The molecule has 1 heterocycles. The zero-order chi connectivity index (χ0) is 11.0. The Kier molecular flexibility index (Phi) is 1.93. The van der Waals surface area contributed by atoms with Crippen molar-refractivity contribution in [3.05, 3.63) is 54.6 Å². The minimum atomic E-state index is 0.286. The summed E-state index contributed by atoms with van der Waals surface area (Å²) in [4.78, 5) is 3.29. The summed E-state index contributed by atoms with van der Waals surface area (Å²) in [6, 6.07) is 17.6. The van der Waals surface area contributed by atoms with Crippen LogP contribution in [0.15, 0.2) is 54.6 Å². The first-order valence-corrected chi connectivity index (χ1v) is 5.20. The number of nitrogens with one attached hydrogen (secondary N) is 1. The van der Waals surface area contributed by atoms with Gasteiger partial charge in [-0.2, -0.15) is 0 Å². The Labute approximate surface area is 93.2 Å². The van der Waals surface area contributed by atoms with Crippen molar-refractivity contribution in [1.29, 1.82) is 0 Å². The third-order valence-corrected chi connectivity index (χ3v) is 2.69. The van der Waals surface area contributed by atoms with E-state index in [-0.39, 0.29) is 5.75 Å². The molecule has 0 aliphatic heterocycles. The van der Waals surface area contributed by atoms with E-state index < -0.39 is 0 Å². The summed E-state index contributed by atoms with van der Waals surface area (Å²) >= 11 is 0. The standard InChI is InChI=1S/C14H11NO/c16-12-7-6-11-8-13(15-14(11)9-12)10-4-2-1-3-5-10/h1-9,15-16H. The number of aromatic nitrogens is 1. The normalized spacial score (nSPS) is 10.8. The van der Waals surface area contributed by atoms with Crippen molar-refractivity contribution in [3.8, 4) is 17.0 Å². The summed E-state index contributed by atoms with van der Waals surface area (Å²) in [6.07, 6.45) is 0. The highest BCUT2D eigenvalue weighted by atomic mass is 16.3. The molecule has 0 aliphatic rings. The average molecular weight is 209 g/mol. The lowest BCUT2D eigenvalue weighted by molar-refractivity contribution is 0.476. The highest BCUT2D eigenvalue weighted by molar-refractivity contribution is 5.86. The molecule has 2 N–H and O–H groups in total. The molecule has 0 saturated carbocycles. The Hall–Kier alpha value is -2.22. The van der Waals surface area contributed by atoms with E-state index in [0.717, 1.165) is 22.2 Å². The monoisotopic (exact) mass is 209 g/mol. The zero-order valence-corrected chi connectivity index (χ0v) is 8.64. The minimum Gasteiger partial charge on any atom is -0.508 e. The van der Waals surface area contributed by atoms with Crippen molar-refractivity contribution >= 4 is 10.9 Å². The number of hydrogen-bond donors (Lipinski definition) is 2. The van der Waals surface area contributed by atoms with Crippen LogP contribution in [0.4, 0.5) is 0 Å². The van der Waals surface area contributed by atoms with E-state index in [0.29, 0.717) is 0 Å². The van der Waals surface area contributed by atoms with E-state index in [9.17, 15) is 5.11 Å². The molecule has 0 bridgehead atoms. The largest absolute Gasteiger partial charge is 0.508 e. The van der Waals surface area contributed by atoms with E-state index in [1.807, 2.05) is 24.3 Å². The SMILES string of the molecule is Oc1ccc2cc(-c3ccccc3)[nH]c2c1. The summed E-state index contributed by atoms with van der Waals surface area (Å²) in [5.41, 5.74) is 3.18. The second-order valence-corrected chi connectivity index (χ2v) is 3.82. The van der Waals surface area contributed by atoms with Crippen molar-refractivity contribution < 1.29 is 5.11 Å². The molecule has 1 aromatic heterocycles. The van der Waals surface area contributed by atoms with Gasteiger partial charge in [-0.3, -0.25) is 0 Å². The van der Waals surface area contributed by atoms with Gasteiger partial charge in [0, 0.05) is 22.7 Å². The van der Waals surface area contributed by atoms with Gasteiger partial charge in [-0.15, -0.1) is 0 Å². The van der Waals surface area contributed by atoms with E-state index >= 15 is 0 Å². The van der Waals surface area contributed by atoms with Crippen LogP contribution in [0.5, 0.6) is 5.75 Å². The smallest absolute Gasteiger partial charge is 0.117 e. The van der Waals surface area contributed by atoms with Crippen LogP contribution < -0.4 is 0 Å². The molecule has 0 radical (unpaired) electrons. The molecule has 3 rings (SSSR count). The molecular weight excluding hydrogens is 198 g/mol. The molecule has 0 saturated heterocycles. The molecular formula is C14H11NO. The van der Waals surface area contributed by atoms with Crippen molar-refractivity contribution in [2.45, 2.75) is 0 Å². The first kappa shape index (κ1) is 9.04. The van der Waals surface area contributed by atoms with Crippen LogP contribution in [0.25, 0.3) is 22.2 Å². The first-order chi connectivity index (χ1) is 7.83. The van der Waals surface area contributed by atoms with Crippen molar-refractivity contribution in [2.75, 3.05) is 0 Å². The maximum absolute atomic E-state index is 9.39. The maximum atomic E-state index is 9.39. The molecule has 0 aliphatic carbocycles. The second kappa shape index (κ2) is 3.42. The molecule has 2 heteroatoms. The number of phenols is 1. The predicted molar refractivity (Wildman–Crippen MR) is 65.4 cm³/mol. The number of hydrogen-bond acceptors (Lipinski definition) is 1. The topological polar surface area (TPSA) is 36.0 Å². The lowest BCUT2D eigenvalue weighted by Gasteiger charge is -1.95. The number of benzene rings is 2. The molecule has 0 spiro atoms. The van der Waals surface area contributed by atoms with Crippen LogP contribution >= 0.6 is 0 Å². The fourth-order valence-corrected chi connectivity index (χ4v) is 1.89. The molecule has 2 nitrogen and oxygen atoms in total. The average Bonchev–Trinajstić information content (AvgIpc) is 2.73. The zero-order valence-electron chi connectivity index (χ0n) is 8.64. The van der Waals surface area contributed by atoms with Gasteiger partial charge in [-0.1, -0.05) is 30.3 Å². The van der Waals surface area contributed by atoms with Crippen LogP contribution in [-0.4, -0.2) is 10.1 Å². The number of aromatic amines is 1. The predicted octanol–water partition coefficient (Wildman–Crippen LogP) is 3.54. The van der Waals surface area contributed by atoms with E-state index in [2.05, 4.69) is 23.2 Å². The van der Waals surface area contributed by atoms with Gasteiger partial charge in [0.2, 0.25) is 0 Å². The second-order valence-electron chi connectivity index (χ2n) is 3.82. The third kappa shape index (κ3) is 1.44. The Balaban J connectivity index is 2.19. The van der Waals surface area contributed by atoms with Crippen LogP contribution in [-0.2, 0) is 0 Å². The van der Waals surface area contributed by atoms with Gasteiger partial charge in [0.15, 0.2) is 0 Å². The number of rotatable bonds is 1. The number of aromatic hydroxyl groups is 1. The summed E-state index contributed by atoms with van der Waals surface area (Å²) in [6.45, 7) is 0. The van der Waals surface area contributed by atoms with Gasteiger partial charge in [0.05, 0.1) is 0 Å². The maximum Gasteiger partial charge on any atom is 0.117 e. The minimum absolute atomic E-state index is 0.286. The van der Waals surface area contributed by atoms with Crippen molar-refractivity contribution in [3.63, 3.8) is 0 Å².